The van der Waals surface area contributed by atoms with Gasteiger partial charge in [0.1, 0.15) is 11.9 Å². The summed E-state index contributed by atoms with van der Waals surface area (Å²) in [4.78, 5) is 24.2. The van der Waals surface area contributed by atoms with Crippen molar-refractivity contribution in [2.45, 2.75) is 56.9 Å². The first-order valence-electron chi connectivity index (χ1n) is 9.55. The second-order valence-corrected chi connectivity index (χ2v) is 7.28. The quantitative estimate of drug-likeness (QED) is 0.632. The van der Waals surface area contributed by atoms with Gasteiger partial charge >= 0.3 is 0 Å². The molecule has 2 amide bonds. The van der Waals surface area contributed by atoms with Crippen molar-refractivity contribution in [1.82, 2.24) is 10.6 Å². The minimum Gasteiger partial charge on any atom is -0.497 e. The molecular formula is C20H28N2O5. The first kappa shape index (κ1) is 19.6. The Bertz CT molecular complexity index is 662. The Morgan fingerprint density at radius 3 is 2.78 bits per heavy atom. The second kappa shape index (κ2) is 9.19. The van der Waals surface area contributed by atoms with Crippen molar-refractivity contribution in [2.24, 2.45) is 5.92 Å². The molecule has 1 aromatic rings. The molecule has 7 heteroatoms. The van der Waals surface area contributed by atoms with E-state index in [-0.39, 0.29) is 42.9 Å². The lowest BCUT2D eigenvalue weighted by atomic mass is 9.96. The molecule has 3 rings (SSSR count). The van der Waals surface area contributed by atoms with Crippen LogP contribution in [0, 0.1) is 5.92 Å². The van der Waals surface area contributed by atoms with E-state index in [2.05, 4.69) is 10.6 Å². The zero-order valence-corrected chi connectivity index (χ0v) is 15.6. The molecule has 3 N–H and O–H groups in total. The van der Waals surface area contributed by atoms with E-state index in [0.717, 1.165) is 24.2 Å². The number of aliphatic hydroxyl groups is 1. The van der Waals surface area contributed by atoms with Crippen LogP contribution in [0.2, 0.25) is 0 Å². The molecule has 1 aromatic carbocycles. The van der Waals surface area contributed by atoms with Crippen molar-refractivity contribution in [2.75, 3.05) is 13.7 Å². The summed E-state index contributed by atoms with van der Waals surface area (Å²) in [6, 6.07) is 7.36. The monoisotopic (exact) mass is 376 g/mol. The Kier molecular flexibility index (Phi) is 6.68. The third-order valence-corrected chi connectivity index (χ3v) is 5.11. The van der Waals surface area contributed by atoms with Crippen molar-refractivity contribution in [3.8, 4) is 5.75 Å². The normalized spacial score (nSPS) is 24.9. The highest BCUT2D eigenvalue weighted by Crippen LogP contribution is 2.30. The molecule has 27 heavy (non-hydrogen) atoms. The van der Waals surface area contributed by atoms with Gasteiger partial charge < -0.3 is 25.2 Å². The van der Waals surface area contributed by atoms with E-state index in [1.165, 1.54) is 0 Å². The number of carbonyl (C=O) groups excluding carboxylic acids is 2. The predicted molar refractivity (Wildman–Crippen MR) is 99.1 cm³/mol. The molecule has 0 spiro atoms. The molecule has 148 valence electrons. The van der Waals surface area contributed by atoms with Crippen molar-refractivity contribution in [3.63, 3.8) is 0 Å². The molecular weight excluding hydrogens is 348 g/mol. The van der Waals surface area contributed by atoms with E-state index in [4.69, 9.17) is 9.47 Å². The first-order valence-corrected chi connectivity index (χ1v) is 9.55. The average molecular weight is 376 g/mol. The molecule has 0 radical (unpaired) electrons. The third-order valence-electron chi connectivity index (χ3n) is 5.11. The highest BCUT2D eigenvalue weighted by molar-refractivity contribution is 5.81. The molecule has 1 saturated carbocycles. The fourth-order valence-corrected chi connectivity index (χ4v) is 3.36. The summed E-state index contributed by atoms with van der Waals surface area (Å²) in [6.07, 6.45) is 2.80. The fourth-order valence-electron chi connectivity index (χ4n) is 3.36. The Hall–Kier alpha value is -2.12. The summed E-state index contributed by atoms with van der Waals surface area (Å²) in [5, 5.41) is 15.5. The number of carbonyl (C=O) groups is 2. The topological polar surface area (TPSA) is 96.9 Å². The van der Waals surface area contributed by atoms with Gasteiger partial charge in [0.15, 0.2) is 0 Å². The highest BCUT2D eigenvalue weighted by Gasteiger charge is 2.36. The van der Waals surface area contributed by atoms with Gasteiger partial charge in [-0.05, 0) is 43.4 Å². The number of methoxy groups -OCH3 is 1. The van der Waals surface area contributed by atoms with Crippen molar-refractivity contribution < 1.29 is 24.2 Å². The maximum absolute atomic E-state index is 12.2. The summed E-state index contributed by atoms with van der Waals surface area (Å²) in [5.41, 5.74) is 0.961. The van der Waals surface area contributed by atoms with Gasteiger partial charge in [-0.15, -0.1) is 0 Å². The van der Waals surface area contributed by atoms with Gasteiger partial charge in [-0.2, -0.15) is 0 Å². The molecule has 1 saturated heterocycles. The van der Waals surface area contributed by atoms with E-state index in [0.29, 0.717) is 19.4 Å². The summed E-state index contributed by atoms with van der Waals surface area (Å²) in [5.74, 6) is 0.836. The number of hydrogen-bond donors (Lipinski definition) is 3. The average Bonchev–Trinajstić information content (AvgIpc) is 3.53. The minimum absolute atomic E-state index is 0.0523. The summed E-state index contributed by atoms with van der Waals surface area (Å²) in [7, 11) is 1.61. The van der Waals surface area contributed by atoms with E-state index in [9.17, 15) is 14.7 Å². The van der Waals surface area contributed by atoms with Crippen LogP contribution in [-0.4, -0.2) is 48.9 Å². The number of benzene rings is 1. The minimum atomic E-state index is -0.461. The van der Waals surface area contributed by atoms with E-state index >= 15 is 0 Å². The number of amides is 2. The Labute approximate surface area is 159 Å². The number of hydrogen-bond acceptors (Lipinski definition) is 5. The SMILES string of the molecule is COc1cccc(CNC(=O)C[C@@H]2CC[C@H](NC(=O)C3CC3)[C@H](CO)O2)c1. The zero-order chi connectivity index (χ0) is 19.2. The van der Waals surface area contributed by atoms with Gasteiger partial charge in [-0.25, -0.2) is 0 Å². The Morgan fingerprint density at radius 2 is 2.07 bits per heavy atom. The number of ether oxygens (including phenoxy) is 2. The van der Waals surface area contributed by atoms with Crippen molar-refractivity contribution in [1.29, 1.82) is 0 Å². The van der Waals surface area contributed by atoms with Crippen LogP contribution >= 0.6 is 0 Å². The molecule has 1 aliphatic carbocycles. The third kappa shape index (κ3) is 5.68. The smallest absolute Gasteiger partial charge is 0.223 e. The molecule has 0 unspecified atom stereocenters. The molecule has 3 atom stereocenters. The van der Waals surface area contributed by atoms with Gasteiger partial charge in [0.25, 0.3) is 0 Å². The van der Waals surface area contributed by atoms with Crippen molar-refractivity contribution in [3.05, 3.63) is 29.8 Å². The lowest BCUT2D eigenvalue weighted by Gasteiger charge is -2.36. The molecule has 0 bridgehead atoms. The lowest BCUT2D eigenvalue weighted by molar-refractivity contribution is -0.136. The highest BCUT2D eigenvalue weighted by atomic mass is 16.5. The van der Waals surface area contributed by atoms with Crippen LogP contribution in [-0.2, 0) is 20.9 Å². The van der Waals surface area contributed by atoms with Crippen molar-refractivity contribution >= 4 is 11.8 Å². The number of nitrogens with one attached hydrogen (secondary N) is 2. The summed E-state index contributed by atoms with van der Waals surface area (Å²) in [6.45, 7) is 0.254. The summed E-state index contributed by atoms with van der Waals surface area (Å²) < 4.78 is 11.0. The van der Waals surface area contributed by atoms with E-state index in [1.54, 1.807) is 7.11 Å². The van der Waals surface area contributed by atoms with Crippen LogP contribution in [0.5, 0.6) is 5.75 Å². The van der Waals surface area contributed by atoms with Crippen LogP contribution < -0.4 is 15.4 Å². The van der Waals surface area contributed by atoms with E-state index in [1.807, 2.05) is 24.3 Å². The lowest BCUT2D eigenvalue weighted by Crippen LogP contribution is -2.51. The zero-order valence-electron chi connectivity index (χ0n) is 15.6. The predicted octanol–water partition coefficient (Wildman–Crippen LogP) is 1.14. The van der Waals surface area contributed by atoms with Gasteiger partial charge in [0, 0.05) is 12.5 Å². The Morgan fingerprint density at radius 1 is 1.26 bits per heavy atom. The molecule has 1 heterocycles. The van der Waals surface area contributed by atoms with Gasteiger partial charge in [0.2, 0.25) is 11.8 Å². The molecule has 7 nitrogen and oxygen atoms in total. The molecule has 2 aliphatic rings. The summed E-state index contributed by atoms with van der Waals surface area (Å²) >= 11 is 0. The second-order valence-electron chi connectivity index (χ2n) is 7.28. The fraction of sp³-hybridized carbons (Fsp3) is 0.600. The van der Waals surface area contributed by atoms with Crippen LogP contribution in [0.1, 0.15) is 37.7 Å². The molecule has 0 aromatic heterocycles. The number of rotatable bonds is 8. The maximum atomic E-state index is 12.2. The van der Waals surface area contributed by atoms with Gasteiger partial charge in [-0.3, -0.25) is 9.59 Å². The van der Waals surface area contributed by atoms with Gasteiger partial charge in [0.05, 0.1) is 32.3 Å². The van der Waals surface area contributed by atoms with Crippen LogP contribution in [0.4, 0.5) is 0 Å². The van der Waals surface area contributed by atoms with E-state index < -0.39 is 6.10 Å². The van der Waals surface area contributed by atoms with Crippen LogP contribution in [0.3, 0.4) is 0 Å². The largest absolute Gasteiger partial charge is 0.497 e. The molecule has 1 aliphatic heterocycles. The first-order chi connectivity index (χ1) is 13.1. The van der Waals surface area contributed by atoms with Crippen LogP contribution in [0.15, 0.2) is 24.3 Å². The number of aliphatic hydroxyl groups excluding tert-OH is 1. The molecule has 2 fully saturated rings. The standard InChI is InChI=1S/C20H28N2O5/c1-26-15-4-2-3-13(9-15)11-21-19(24)10-16-7-8-17(18(12-23)27-16)22-20(25)14-5-6-14/h2-4,9,14,16-18,23H,5-8,10-12H2,1H3,(H,21,24)(H,22,25)/t16-,17-,18-/m0/s1. The maximum Gasteiger partial charge on any atom is 0.223 e. The van der Waals surface area contributed by atoms with Crippen LogP contribution in [0.25, 0.3) is 0 Å². The van der Waals surface area contributed by atoms with Gasteiger partial charge in [-0.1, -0.05) is 12.1 Å². The Balaban J connectivity index is 1.43.